The second kappa shape index (κ2) is 27.7. The van der Waals surface area contributed by atoms with Gasteiger partial charge < -0.3 is 46.4 Å². The number of halogens is 2. The summed E-state index contributed by atoms with van der Waals surface area (Å²) in [6, 6.07) is 7.59. The molecule has 2 rings (SSSR count). The molecule has 3 amide bonds. The highest BCUT2D eigenvalue weighted by atomic mass is 19.1. The SMILES string of the molecule is CC(CCN(C)C(=N)/C=C\C(=N)NC(=O)c1ccc(F)cc1NCCCCCNC(=O)OC(C)(C)C)CNCCCCCNc1cc(F)ccc1C(=O)NC(=N)/C=C\C(=N)N(C)C. The first-order valence-corrected chi connectivity index (χ1v) is 21.2. The number of hydrogen-bond donors (Lipinski definition) is 10. The molecule has 0 heterocycles. The van der Waals surface area contributed by atoms with Crippen LogP contribution >= 0.6 is 0 Å². The summed E-state index contributed by atoms with van der Waals surface area (Å²) in [6.07, 6.45) is 10.7. The number of unbranched alkanes of at least 4 members (excludes halogenated alkanes) is 4. The highest BCUT2D eigenvalue weighted by Gasteiger charge is 2.17. The Morgan fingerprint density at radius 1 is 0.698 bits per heavy atom. The fourth-order valence-corrected chi connectivity index (χ4v) is 5.70. The zero-order chi connectivity index (χ0) is 47.0. The Labute approximate surface area is 371 Å². The highest BCUT2D eigenvalue weighted by molar-refractivity contribution is 6.13. The van der Waals surface area contributed by atoms with E-state index in [0.717, 1.165) is 51.6 Å². The molecule has 0 fully saturated rings. The van der Waals surface area contributed by atoms with Crippen molar-refractivity contribution < 1.29 is 27.9 Å². The van der Waals surface area contributed by atoms with Gasteiger partial charge in [0.1, 0.15) is 40.6 Å². The lowest BCUT2D eigenvalue weighted by Gasteiger charge is -2.20. The summed E-state index contributed by atoms with van der Waals surface area (Å²) >= 11 is 0. The van der Waals surface area contributed by atoms with E-state index in [4.69, 9.17) is 26.4 Å². The van der Waals surface area contributed by atoms with Crippen LogP contribution in [-0.4, -0.2) is 117 Å². The van der Waals surface area contributed by atoms with Gasteiger partial charge in [0.2, 0.25) is 0 Å². The Morgan fingerprint density at radius 2 is 1.17 bits per heavy atom. The summed E-state index contributed by atoms with van der Waals surface area (Å²) in [6.45, 7) is 11.2. The number of ether oxygens (including phenoxy) is 1. The van der Waals surface area contributed by atoms with Crippen molar-refractivity contribution in [1.82, 2.24) is 31.1 Å². The number of hydrogen-bond acceptors (Lipinski definition) is 11. The fraction of sp³-hybridized carbons (Fsp3) is 0.489. The fourth-order valence-electron chi connectivity index (χ4n) is 5.70. The minimum absolute atomic E-state index is 0.170. The molecule has 18 heteroatoms. The summed E-state index contributed by atoms with van der Waals surface area (Å²) in [5, 5.41) is 49.8. The predicted molar refractivity (Wildman–Crippen MR) is 249 cm³/mol. The van der Waals surface area contributed by atoms with Crippen molar-refractivity contribution in [3.63, 3.8) is 0 Å². The normalized spacial score (nSPS) is 11.8. The number of alkyl carbamates (subject to hydrolysis) is 1. The topological polar surface area (TPSA) is 234 Å². The number of nitrogens with zero attached hydrogens (tertiary/aromatic N) is 2. The molecule has 2 aromatic rings. The maximum atomic E-state index is 14.1. The quantitative estimate of drug-likeness (QED) is 0.0282. The van der Waals surface area contributed by atoms with Crippen LogP contribution in [-0.2, 0) is 4.74 Å². The van der Waals surface area contributed by atoms with Crippen LogP contribution in [0.1, 0.15) is 93.4 Å². The second-order valence-corrected chi connectivity index (χ2v) is 16.4. The van der Waals surface area contributed by atoms with E-state index in [9.17, 15) is 23.2 Å². The summed E-state index contributed by atoms with van der Waals surface area (Å²) < 4.78 is 33.3. The van der Waals surface area contributed by atoms with Gasteiger partial charge in [-0.1, -0.05) is 13.3 Å². The molecule has 0 saturated heterocycles. The number of carbonyl (C=O) groups excluding carboxylic acids is 3. The molecule has 2 aromatic carbocycles. The van der Waals surface area contributed by atoms with Crippen molar-refractivity contribution >= 4 is 52.6 Å². The number of nitrogens with one attached hydrogen (secondary N) is 10. The van der Waals surface area contributed by atoms with Gasteiger partial charge >= 0.3 is 6.09 Å². The third-order valence-electron chi connectivity index (χ3n) is 9.29. The van der Waals surface area contributed by atoms with Crippen LogP contribution in [0.2, 0.25) is 0 Å². The molecule has 0 bridgehead atoms. The third kappa shape index (κ3) is 22.5. The van der Waals surface area contributed by atoms with Gasteiger partial charge in [0, 0.05) is 58.7 Å². The number of rotatable bonds is 25. The largest absolute Gasteiger partial charge is 0.444 e. The minimum Gasteiger partial charge on any atom is -0.444 e. The van der Waals surface area contributed by atoms with Crippen LogP contribution in [0.25, 0.3) is 0 Å². The average molecular weight is 879 g/mol. The van der Waals surface area contributed by atoms with Crippen LogP contribution in [0.4, 0.5) is 25.0 Å². The summed E-state index contributed by atoms with van der Waals surface area (Å²) in [5.41, 5.74) is 0.470. The molecular formula is C45H68F2N12O4. The lowest BCUT2D eigenvalue weighted by atomic mass is 10.1. The van der Waals surface area contributed by atoms with Gasteiger partial charge in [0.15, 0.2) is 0 Å². The molecule has 0 aliphatic heterocycles. The lowest BCUT2D eigenvalue weighted by molar-refractivity contribution is 0.0526. The molecular weight excluding hydrogens is 811 g/mol. The van der Waals surface area contributed by atoms with Crippen molar-refractivity contribution in [2.75, 3.05) is 71.0 Å². The van der Waals surface area contributed by atoms with Gasteiger partial charge in [-0.05, 0) is 139 Å². The Kier molecular flexibility index (Phi) is 23.3. The molecule has 63 heavy (non-hydrogen) atoms. The highest BCUT2D eigenvalue weighted by Crippen LogP contribution is 2.19. The van der Waals surface area contributed by atoms with Crippen molar-refractivity contribution in [3.05, 3.63) is 83.5 Å². The molecule has 0 radical (unpaired) electrons. The van der Waals surface area contributed by atoms with E-state index in [1.165, 1.54) is 60.7 Å². The van der Waals surface area contributed by atoms with Crippen molar-refractivity contribution in [1.29, 1.82) is 21.6 Å². The molecule has 0 aromatic heterocycles. The predicted octanol–water partition coefficient (Wildman–Crippen LogP) is 6.94. The standard InChI is InChI=1S/C45H68F2N12O4/c1-31(30-52-23-10-8-11-24-53-36-28-32(46)14-16-34(36)42(60)56-38(48)18-20-40(50)58(5)6)22-27-59(7)41(51)21-19-39(49)57-43(61)35-17-15-33(47)29-37(35)54-25-12-9-13-26-55-44(62)63-45(2,3)4/h14-21,28-29,31,50-54H,8-13,22-27,30H2,1-7H3,(H,55,62)(H2,48,56,60)(H2,49,57,61)/b20-18-,21-19-,50-40?,51-41?. The smallest absolute Gasteiger partial charge is 0.407 e. The second-order valence-electron chi connectivity index (χ2n) is 16.4. The van der Waals surface area contributed by atoms with Gasteiger partial charge in [0.05, 0.1) is 11.1 Å². The monoisotopic (exact) mass is 879 g/mol. The van der Waals surface area contributed by atoms with Crippen molar-refractivity contribution in [3.8, 4) is 0 Å². The number of amides is 3. The Bertz CT molecular complexity index is 1930. The summed E-state index contributed by atoms with van der Waals surface area (Å²) in [4.78, 5) is 40.9. The van der Waals surface area contributed by atoms with Gasteiger partial charge in [0.25, 0.3) is 11.8 Å². The van der Waals surface area contributed by atoms with E-state index in [1.807, 2.05) is 0 Å². The number of likely N-dealkylation sites (N-methyl/N-ethyl adjacent to an activating group) is 2. The molecule has 0 spiro atoms. The molecule has 10 N–H and O–H groups in total. The maximum Gasteiger partial charge on any atom is 0.407 e. The molecule has 16 nitrogen and oxygen atoms in total. The number of benzene rings is 2. The Balaban J connectivity index is 1.66. The van der Waals surface area contributed by atoms with Gasteiger partial charge in [-0.3, -0.25) is 31.2 Å². The molecule has 346 valence electrons. The van der Waals surface area contributed by atoms with E-state index in [1.54, 1.807) is 51.7 Å². The van der Waals surface area contributed by atoms with Gasteiger partial charge in [-0.2, -0.15) is 0 Å². The van der Waals surface area contributed by atoms with E-state index >= 15 is 0 Å². The summed E-state index contributed by atoms with van der Waals surface area (Å²) in [5.74, 6) is -1.86. The molecule has 0 saturated carbocycles. The number of amidine groups is 4. The number of anilines is 2. The minimum atomic E-state index is -0.584. The van der Waals surface area contributed by atoms with Crippen LogP contribution in [0.3, 0.4) is 0 Å². The molecule has 1 unspecified atom stereocenters. The summed E-state index contributed by atoms with van der Waals surface area (Å²) in [7, 11) is 5.19. The Hall–Kier alpha value is -6.17. The van der Waals surface area contributed by atoms with E-state index in [-0.39, 0.29) is 34.5 Å². The van der Waals surface area contributed by atoms with Crippen LogP contribution in [0.5, 0.6) is 0 Å². The maximum absolute atomic E-state index is 14.1. The van der Waals surface area contributed by atoms with Crippen LogP contribution < -0.4 is 31.9 Å². The first-order chi connectivity index (χ1) is 29.7. The van der Waals surface area contributed by atoms with E-state index in [0.29, 0.717) is 49.9 Å². The molecule has 0 aliphatic carbocycles. The van der Waals surface area contributed by atoms with E-state index in [2.05, 4.69) is 38.8 Å². The van der Waals surface area contributed by atoms with Gasteiger partial charge in [-0.25, -0.2) is 13.6 Å². The third-order valence-corrected chi connectivity index (χ3v) is 9.29. The van der Waals surface area contributed by atoms with Crippen LogP contribution in [0.15, 0.2) is 60.7 Å². The first-order valence-electron chi connectivity index (χ1n) is 21.2. The average Bonchev–Trinajstić information content (AvgIpc) is 3.20. The van der Waals surface area contributed by atoms with Crippen molar-refractivity contribution in [2.45, 2.75) is 78.2 Å². The zero-order valence-electron chi connectivity index (χ0n) is 37.8. The first kappa shape index (κ1) is 53.0. The number of carbonyl (C=O) groups is 3. The van der Waals surface area contributed by atoms with Crippen molar-refractivity contribution in [2.24, 2.45) is 5.92 Å². The molecule has 1 atom stereocenters. The zero-order valence-corrected chi connectivity index (χ0v) is 37.8. The lowest BCUT2D eigenvalue weighted by Crippen LogP contribution is -2.33. The van der Waals surface area contributed by atoms with E-state index < -0.39 is 35.1 Å². The van der Waals surface area contributed by atoms with Crippen LogP contribution in [0, 0.1) is 39.2 Å². The Morgan fingerprint density at radius 3 is 1.67 bits per heavy atom. The van der Waals surface area contributed by atoms with Gasteiger partial charge in [-0.15, -0.1) is 0 Å². The molecule has 0 aliphatic rings.